The molecule has 0 spiro atoms. The minimum atomic E-state index is -0.251. The molecule has 1 aromatic carbocycles. The molecule has 3 aromatic rings. The standard InChI is InChI=1S/C22H25N3O4/c1-3-28-21(26)8-5-11-23-22(27)17-6-4-7-19(12-17)29-15-18-14-25-13-16(2)9-10-20(25)24-18/h4,6-7,9-10,12-14H,3,5,8,11,15H2,1-2H3,(H,23,27). The number of benzene rings is 1. The predicted molar refractivity (Wildman–Crippen MR) is 109 cm³/mol. The molecule has 7 nitrogen and oxygen atoms in total. The maximum Gasteiger partial charge on any atom is 0.305 e. The molecule has 1 amide bonds. The van der Waals surface area contributed by atoms with E-state index < -0.39 is 0 Å². The highest BCUT2D eigenvalue weighted by Gasteiger charge is 2.08. The van der Waals surface area contributed by atoms with E-state index in [0.29, 0.717) is 37.5 Å². The molecule has 2 heterocycles. The molecule has 0 aliphatic rings. The van der Waals surface area contributed by atoms with Crippen LogP contribution in [0.2, 0.25) is 0 Å². The van der Waals surface area contributed by atoms with E-state index in [1.807, 2.05) is 35.9 Å². The Bertz CT molecular complexity index is 997. The van der Waals surface area contributed by atoms with Crippen LogP contribution in [0.3, 0.4) is 0 Å². The van der Waals surface area contributed by atoms with Gasteiger partial charge in [0.25, 0.3) is 5.91 Å². The van der Waals surface area contributed by atoms with Gasteiger partial charge in [-0.25, -0.2) is 4.98 Å². The van der Waals surface area contributed by atoms with Crippen LogP contribution in [-0.4, -0.2) is 34.4 Å². The van der Waals surface area contributed by atoms with Gasteiger partial charge in [-0.2, -0.15) is 0 Å². The molecule has 0 bridgehead atoms. The highest BCUT2D eigenvalue weighted by atomic mass is 16.5. The van der Waals surface area contributed by atoms with Crippen LogP contribution in [0.4, 0.5) is 0 Å². The topological polar surface area (TPSA) is 81.9 Å². The van der Waals surface area contributed by atoms with Gasteiger partial charge in [0.05, 0.1) is 12.3 Å². The molecule has 0 aliphatic carbocycles. The Hall–Kier alpha value is -3.35. The van der Waals surface area contributed by atoms with E-state index in [1.165, 1.54) is 0 Å². The number of ether oxygens (including phenoxy) is 2. The van der Waals surface area contributed by atoms with Crippen molar-refractivity contribution in [3.8, 4) is 5.75 Å². The number of hydrogen-bond acceptors (Lipinski definition) is 5. The maximum absolute atomic E-state index is 12.3. The van der Waals surface area contributed by atoms with Crippen molar-refractivity contribution in [1.29, 1.82) is 0 Å². The number of nitrogens with one attached hydrogen (secondary N) is 1. The average molecular weight is 395 g/mol. The van der Waals surface area contributed by atoms with Crippen LogP contribution in [0, 0.1) is 6.92 Å². The molecule has 29 heavy (non-hydrogen) atoms. The van der Waals surface area contributed by atoms with Gasteiger partial charge in [-0.15, -0.1) is 0 Å². The molecule has 0 saturated carbocycles. The average Bonchev–Trinajstić information content (AvgIpc) is 3.12. The van der Waals surface area contributed by atoms with Crippen molar-refractivity contribution in [3.63, 3.8) is 0 Å². The predicted octanol–water partition coefficient (Wildman–Crippen LogP) is 3.29. The van der Waals surface area contributed by atoms with Crippen LogP contribution in [0.5, 0.6) is 5.75 Å². The zero-order chi connectivity index (χ0) is 20.6. The number of esters is 1. The van der Waals surface area contributed by atoms with E-state index in [-0.39, 0.29) is 18.3 Å². The summed E-state index contributed by atoms with van der Waals surface area (Å²) in [7, 11) is 0. The van der Waals surface area contributed by atoms with Gasteiger partial charge < -0.3 is 19.2 Å². The lowest BCUT2D eigenvalue weighted by Crippen LogP contribution is -2.25. The molecule has 0 aliphatic heterocycles. The van der Waals surface area contributed by atoms with Crippen molar-refractivity contribution in [2.45, 2.75) is 33.3 Å². The number of rotatable bonds is 9. The van der Waals surface area contributed by atoms with Gasteiger partial charge in [0, 0.05) is 30.9 Å². The SMILES string of the molecule is CCOC(=O)CCCNC(=O)c1cccc(OCc2cn3cc(C)ccc3n2)c1. The van der Waals surface area contributed by atoms with Crippen molar-refractivity contribution in [2.75, 3.05) is 13.2 Å². The highest BCUT2D eigenvalue weighted by molar-refractivity contribution is 5.94. The van der Waals surface area contributed by atoms with Crippen LogP contribution in [0.1, 0.15) is 41.4 Å². The Labute approximate surface area is 169 Å². The second kappa shape index (κ2) is 9.73. The second-order valence-electron chi connectivity index (χ2n) is 6.69. The monoisotopic (exact) mass is 395 g/mol. The largest absolute Gasteiger partial charge is 0.487 e. The smallest absolute Gasteiger partial charge is 0.305 e. The summed E-state index contributed by atoms with van der Waals surface area (Å²) in [6.07, 6.45) is 4.77. The molecule has 3 rings (SSSR count). The number of pyridine rings is 1. The summed E-state index contributed by atoms with van der Waals surface area (Å²) in [5, 5.41) is 2.80. The van der Waals surface area contributed by atoms with Gasteiger partial charge in [0.2, 0.25) is 0 Å². The molecular weight excluding hydrogens is 370 g/mol. The third-order valence-electron chi connectivity index (χ3n) is 4.28. The van der Waals surface area contributed by atoms with Crippen molar-refractivity contribution in [3.05, 3.63) is 65.6 Å². The van der Waals surface area contributed by atoms with Crippen LogP contribution in [0.25, 0.3) is 5.65 Å². The Morgan fingerprint density at radius 3 is 2.86 bits per heavy atom. The molecule has 0 unspecified atom stereocenters. The van der Waals surface area contributed by atoms with Crippen LogP contribution >= 0.6 is 0 Å². The van der Waals surface area contributed by atoms with E-state index >= 15 is 0 Å². The quantitative estimate of drug-likeness (QED) is 0.444. The normalized spacial score (nSPS) is 10.7. The number of carbonyl (C=O) groups excluding carboxylic acids is 2. The van der Waals surface area contributed by atoms with E-state index in [1.54, 1.807) is 31.2 Å². The second-order valence-corrected chi connectivity index (χ2v) is 6.69. The summed E-state index contributed by atoms with van der Waals surface area (Å²) in [5.74, 6) is 0.138. The molecule has 0 atom stereocenters. The lowest BCUT2D eigenvalue weighted by molar-refractivity contribution is -0.143. The summed E-state index contributed by atoms with van der Waals surface area (Å²) < 4.78 is 12.6. The zero-order valence-electron chi connectivity index (χ0n) is 16.7. The molecule has 2 aromatic heterocycles. The fourth-order valence-electron chi connectivity index (χ4n) is 2.88. The van der Waals surface area contributed by atoms with E-state index in [2.05, 4.69) is 10.3 Å². The van der Waals surface area contributed by atoms with E-state index in [9.17, 15) is 9.59 Å². The molecule has 0 fully saturated rings. The Morgan fingerprint density at radius 1 is 1.17 bits per heavy atom. The minimum absolute atomic E-state index is 0.206. The summed E-state index contributed by atoms with van der Waals surface area (Å²) in [4.78, 5) is 28.1. The first-order chi connectivity index (χ1) is 14.0. The first-order valence-corrected chi connectivity index (χ1v) is 9.66. The third-order valence-corrected chi connectivity index (χ3v) is 4.28. The number of carbonyl (C=O) groups is 2. The molecule has 0 radical (unpaired) electrons. The fraction of sp³-hybridized carbons (Fsp3) is 0.318. The molecule has 152 valence electrons. The molecule has 1 N–H and O–H groups in total. The van der Waals surface area contributed by atoms with Crippen molar-refractivity contribution < 1.29 is 19.1 Å². The highest BCUT2D eigenvalue weighted by Crippen LogP contribution is 2.16. The van der Waals surface area contributed by atoms with Crippen LogP contribution in [-0.2, 0) is 16.1 Å². The molecular formula is C22H25N3O4. The summed E-state index contributed by atoms with van der Waals surface area (Å²) >= 11 is 0. The molecule has 7 heteroatoms. The van der Waals surface area contributed by atoms with Gasteiger partial charge in [-0.05, 0) is 50.1 Å². The summed E-state index contributed by atoms with van der Waals surface area (Å²) in [5.41, 5.74) is 3.34. The number of aryl methyl sites for hydroxylation is 1. The van der Waals surface area contributed by atoms with E-state index in [4.69, 9.17) is 9.47 Å². The first kappa shape index (κ1) is 20.4. The fourth-order valence-corrected chi connectivity index (χ4v) is 2.88. The van der Waals surface area contributed by atoms with Gasteiger partial charge in [-0.1, -0.05) is 12.1 Å². The minimum Gasteiger partial charge on any atom is -0.487 e. The first-order valence-electron chi connectivity index (χ1n) is 9.66. The number of hydrogen-bond donors (Lipinski definition) is 1. The van der Waals surface area contributed by atoms with E-state index in [0.717, 1.165) is 16.9 Å². The summed E-state index contributed by atoms with van der Waals surface area (Å²) in [6, 6.07) is 11.0. The van der Waals surface area contributed by atoms with Crippen LogP contribution < -0.4 is 10.1 Å². The van der Waals surface area contributed by atoms with Crippen molar-refractivity contribution >= 4 is 17.5 Å². The van der Waals surface area contributed by atoms with Gasteiger partial charge >= 0.3 is 5.97 Å². The van der Waals surface area contributed by atoms with Crippen LogP contribution in [0.15, 0.2) is 48.8 Å². The zero-order valence-corrected chi connectivity index (χ0v) is 16.7. The number of fused-ring (bicyclic) bond motifs is 1. The lowest BCUT2D eigenvalue weighted by Gasteiger charge is -2.08. The Balaban J connectivity index is 1.51. The lowest BCUT2D eigenvalue weighted by atomic mass is 10.2. The molecule has 0 saturated heterocycles. The van der Waals surface area contributed by atoms with Gasteiger partial charge in [-0.3, -0.25) is 9.59 Å². The number of nitrogens with zero attached hydrogens (tertiary/aromatic N) is 2. The van der Waals surface area contributed by atoms with Crippen molar-refractivity contribution in [2.24, 2.45) is 0 Å². The maximum atomic E-state index is 12.3. The number of imidazole rings is 1. The third kappa shape index (κ3) is 5.81. The Morgan fingerprint density at radius 2 is 2.03 bits per heavy atom. The number of amides is 1. The van der Waals surface area contributed by atoms with Gasteiger partial charge in [0.15, 0.2) is 0 Å². The number of aromatic nitrogens is 2. The van der Waals surface area contributed by atoms with Gasteiger partial charge in [0.1, 0.15) is 18.0 Å². The van der Waals surface area contributed by atoms with Crippen molar-refractivity contribution in [1.82, 2.24) is 14.7 Å². The Kier molecular flexibility index (Phi) is 6.84. The summed E-state index contributed by atoms with van der Waals surface area (Å²) in [6.45, 7) is 4.88.